The lowest BCUT2D eigenvalue weighted by Gasteiger charge is -2.17. The van der Waals surface area contributed by atoms with Gasteiger partial charge in [0, 0.05) is 25.2 Å². The van der Waals surface area contributed by atoms with Crippen LogP contribution in [0.3, 0.4) is 0 Å². The van der Waals surface area contributed by atoms with Crippen LogP contribution in [-0.4, -0.2) is 42.4 Å². The third-order valence-corrected chi connectivity index (χ3v) is 4.32. The van der Waals surface area contributed by atoms with Crippen molar-refractivity contribution >= 4 is 34.8 Å². The van der Waals surface area contributed by atoms with Gasteiger partial charge < -0.3 is 10.2 Å². The van der Waals surface area contributed by atoms with Crippen LogP contribution in [0, 0.1) is 16.0 Å². The number of hydrogen-bond donors (Lipinski definition) is 1. The van der Waals surface area contributed by atoms with Crippen molar-refractivity contribution in [3.63, 3.8) is 0 Å². The number of nitro benzene ring substituents is 1. The first kappa shape index (κ1) is 16.0. The number of benzene rings is 1. The smallest absolute Gasteiger partial charge is 0.271 e. The summed E-state index contributed by atoms with van der Waals surface area (Å²) in [5.41, 5.74) is -0.153. The fourth-order valence-electron chi connectivity index (χ4n) is 2.48. The SMILES string of the molecule is CNCC1CCN(C(=O)c2cc([N+](=O)[O-])cc(Cl)c2Cl)C1. The monoisotopic (exact) mass is 331 g/mol. The molecule has 1 N–H and O–H groups in total. The normalized spacial score (nSPS) is 18.0. The molecule has 0 aromatic heterocycles. The first-order valence-corrected chi connectivity index (χ1v) is 7.27. The Morgan fingerprint density at radius 3 is 2.86 bits per heavy atom. The van der Waals surface area contributed by atoms with Gasteiger partial charge >= 0.3 is 0 Å². The highest BCUT2D eigenvalue weighted by atomic mass is 35.5. The van der Waals surface area contributed by atoms with Crippen LogP contribution in [0.5, 0.6) is 0 Å². The van der Waals surface area contributed by atoms with E-state index in [2.05, 4.69) is 5.32 Å². The van der Waals surface area contributed by atoms with Gasteiger partial charge in [0.15, 0.2) is 0 Å². The maximum atomic E-state index is 12.5. The first-order chi connectivity index (χ1) is 9.93. The molecular formula is C13H15Cl2N3O3. The minimum atomic E-state index is -0.590. The number of nitro groups is 1. The number of carbonyl (C=O) groups is 1. The Kier molecular flexibility index (Phi) is 5.03. The number of likely N-dealkylation sites (tertiary alicyclic amines) is 1. The molecule has 0 aliphatic carbocycles. The molecule has 1 fully saturated rings. The van der Waals surface area contributed by atoms with Crippen molar-refractivity contribution < 1.29 is 9.72 Å². The van der Waals surface area contributed by atoms with E-state index in [0.717, 1.165) is 19.0 Å². The number of amides is 1. The predicted octanol–water partition coefficient (Wildman–Crippen LogP) is 2.58. The lowest BCUT2D eigenvalue weighted by Crippen LogP contribution is -2.30. The molecule has 8 heteroatoms. The fraction of sp³-hybridized carbons (Fsp3) is 0.462. The van der Waals surface area contributed by atoms with Gasteiger partial charge in [0.1, 0.15) is 0 Å². The third kappa shape index (κ3) is 3.45. The Labute approximate surface area is 132 Å². The van der Waals surface area contributed by atoms with Gasteiger partial charge in [0.25, 0.3) is 11.6 Å². The van der Waals surface area contributed by atoms with E-state index in [0.29, 0.717) is 19.0 Å². The van der Waals surface area contributed by atoms with Gasteiger partial charge in [0.2, 0.25) is 0 Å². The van der Waals surface area contributed by atoms with Crippen LogP contribution in [-0.2, 0) is 0 Å². The third-order valence-electron chi connectivity index (χ3n) is 3.52. The Morgan fingerprint density at radius 2 is 2.24 bits per heavy atom. The van der Waals surface area contributed by atoms with Crippen molar-refractivity contribution in [3.05, 3.63) is 37.9 Å². The molecule has 0 spiro atoms. The zero-order chi connectivity index (χ0) is 15.6. The highest BCUT2D eigenvalue weighted by molar-refractivity contribution is 6.44. The van der Waals surface area contributed by atoms with Crippen LogP contribution >= 0.6 is 23.2 Å². The van der Waals surface area contributed by atoms with Gasteiger partial charge in [-0.05, 0) is 25.9 Å². The number of non-ortho nitro benzene ring substituents is 1. The number of halogens is 2. The molecule has 1 aromatic carbocycles. The maximum Gasteiger partial charge on any atom is 0.271 e. The van der Waals surface area contributed by atoms with Gasteiger partial charge in [0.05, 0.1) is 20.5 Å². The number of nitrogens with one attached hydrogen (secondary N) is 1. The van der Waals surface area contributed by atoms with Crippen LogP contribution in [0.25, 0.3) is 0 Å². The summed E-state index contributed by atoms with van der Waals surface area (Å²) in [7, 11) is 1.86. The molecule has 0 bridgehead atoms. The summed E-state index contributed by atoms with van der Waals surface area (Å²) >= 11 is 11.9. The van der Waals surface area contributed by atoms with Crippen molar-refractivity contribution in [1.29, 1.82) is 0 Å². The van der Waals surface area contributed by atoms with Crippen LogP contribution in [0.1, 0.15) is 16.8 Å². The Hall–Kier alpha value is -1.37. The number of nitrogens with zero attached hydrogens (tertiary/aromatic N) is 2. The summed E-state index contributed by atoms with van der Waals surface area (Å²) in [6.45, 7) is 2.05. The van der Waals surface area contributed by atoms with Crippen molar-refractivity contribution in [2.75, 3.05) is 26.7 Å². The first-order valence-electron chi connectivity index (χ1n) is 6.51. The quantitative estimate of drug-likeness (QED) is 0.679. The second-order valence-corrected chi connectivity index (χ2v) is 5.79. The van der Waals surface area contributed by atoms with Crippen LogP contribution in [0.2, 0.25) is 10.0 Å². The van der Waals surface area contributed by atoms with Gasteiger partial charge in [-0.3, -0.25) is 14.9 Å². The summed E-state index contributed by atoms with van der Waals surface area (Å²) in [6.07, 6.45) is 0.896. The van der Waals surface area contributed by atoms with Crippen LogP contribution < -0.4 is 5.32 Å². The fourth-order valence-corrected chi connectivity index (χ4v) is 2.88. The minimum Gasteiger partial charge on any atom is -0.338 e. The summed E-state index contributed by atoms with van der Waals surface area (Å²) in [5.74, 6) is 0.0658. The lowest BCUT2D eigenvalue weighted by atomic mass is 10.1. The number of rotatable bonds is 4. The van der Waals surface area contributed by atoms with E-state index in [1.54, 1.807) is 4.90 Å². The van der Waals surface area contributed by atoms with E-state index in [4.69, 9.17) is 23.2 Å². The average Bonchev–Trinajstić information content (AvgIpc) is 2.89. The zero-order valence-electron chi connectivity index (χ0n) is 11.4. The zero-order valence-corrected chi connectivity index (χ0v) is 12.9. The maximum absolute atomic E-state index is 12.5. The molecule has 1 aromatic rings. The summed E-state index contributed by atoms with van der Waals surface area (Å²) in [6, 6.07) is 2.33. The molecule has 2 rings (SSSR count). The minimum absolute atomic E-state index is 0.0141. The molecule has 0 radical (unpaired) electrons. The molecule has 1 aliphatic rings. The second kappa shape index (κ2) is 6.60. The molecule has 114 valence electrons. The van der Waals surface area contributed by atoms with E-state index in [1.165, 1.54) is 6.07 Å². The molecule has 1 atom stereocenters. The summed E-state index contributed by atoms with van der Waals surface area (Å²) in [4.78, 5) is 24.4. The van der Waals surface area contributed by atoms with Crippen LogP contribution in [0.4, 0.5) is 5.69 Å². The molecular weight excluding hydrogens is 317 g/mol. The van der Waals surface area contributed by atoms with E-state index < -0.39 is 4.92 Å². The number of hydrogen-bond acceptors (Lipinski definition) is 4. The van der Waals surface area contributed by atoms with Crippen molar-refractivity contribution in [3.8, 4) is 0 Å². The molecule has 1 aliphatic heterocycles. The predicted molar refractivity (Wildman–Crippen MR) is 81.1 cm³/mol. The average molecular weight is 332 g/mol. The molecule has 21 heavy (non-hydrogen) atoms. The Balaban J connectivity index is 2.25. The van der Waals surface area contributed by atoms with Crippen molar-refractivity contribution in [1.82, 2.24) is 10.2 Å². The molecule has 1 heterocycles. The molecule has 1 unspecified atom stereocenters. The molecule has 1 saturated heterocycles. The highest BCUT2D eigenvalue weighted by Crippen LogP contribution is 2.32. The molecule has 6 nitrogen and oxygen atoms in total. The largest absolute Gasteiger partial charge is 0.338 e. The van der Waals surface area contributed by atoms with E-state index >= 15 is 0 Å². The Bertz CT molecular complexity index is 580. The molecule has 1 amide bonds. The lowest BCUT2D eigenvalue weighted by molar-refractivity contribution is -0.384. The topological polar surface area (TPSA) is 75.5 Å². The Morgan fingerprint density at radius 1 is 1.52 bits per heavy atom. The van der Waals surface area contributed by atoms with Crippen LogP contribution in [0.15, 0.2) is 12.1 Å². The second-order valence-electron chi connectivity index (χ2n) is 5.01. The number of carbonyl (C=O) groups excluding carboxylic acids is 1. The highest BCUT2D eigenvalue weighted by Gasteiger charge is 2.29. The van der Waals surface area contributed by atoms with E-state index in [-0.39, 0.29) is 27.2 Å². The summed E-state index contributed by atoms with van der Waals surface area (Å²) < 4.78 is 0. The van der Waals surface area contributed by atoms with Gasteiger partial charge in [-0.25, -0.2) is 0 Å². The summed E-state index contributed by atoms with van der Waals surface area (Å²) in [5, 5.41) is 14.0. The van der Waals surface area contributed by atoms with Crippen molar-refractivity contribution in [2.24, 2.45) is 5.92 Å². The van der Waals surface area contributed by atoms with E-state index in [9.17, 15) is 14.9 Å². The van der Waals surface area contributed by atoms with E-state index in [1.807, 2.05) is 7.05 Å². The standard InChI is InChI=1S/C13H15Cl2N3O3/c1-16-6-8-2-3-17(7-8)13(19)10-4-9(18(20)21)5-11(14)12(10)15/h4-5,8,16H,2-3,6-7H2,1H3. The van der Waals surface area contributed by atoms with Crippen molar-refractivity contribution in [2.45, 2.75) is 6.42 Å². The van der Waals surface area contributed by atoms with Gasteiger partial charge in [-0.1, -0.05) is 23.2 Å². The van der Waals surface area contributed by atoms with Gasteiger partial charge in [-0.2, -0.15) is 0 Å². The van der Waals surface area contributed by atoms with Gasteiger partial charge in [-0.15, -0.1) is 0 Å². The molecule has 0 saturated carbocycles.